The second-order valence-corrected chi connectivity index (χ2v) is 6.42. The number of benzene rings is 2. The van der Waals surface area contributed by atoms with Gasteiger partial charge in [0.2, 0.25) is 11.8 Å². The zero-order chi connectivity index (χ0) is 20.4. The second-order valence-electron chi connectivity index (χ2n) is 6.42. The number of ether oxygens (including phenoxy) is 1. The largest absolute Gasteiger partial charge is 0.449 e. The van der Waals surface area contributed by atoms with Gasteiger partial charge < -0.3 is 14.5 Å². The highest BCUT2D eigenvalue weighted by Crippen LogP contribution is 2.29. The van der Waals surface area contributed by atoms with E-state index < -0.39 is 18.0 Å². The van der Waals surface area contributed by atoms with Gasteiger partial charge in [-0.1, -0.05) is 24.3 Å². The molecule has 2 heterocycles. The SMILES string of the molecule is C[C@@H](OC(=O)/C=C/c1nc2ccccc2o1)C(=O)N1CC(=O)Nc2ccccc21. The van der Waals surface area contributed by atoms with Gasteiger partial charge in [-0.15, -0.1) is 0 Å². The van der Waals surface area contributed by atoms with E-state index in [2.05, 4.69) is 10.3 Å². The summed E-state index contributed by atoms with van der Waals surface area (Å²) in [5.41, 5.74) is 2.37. The smallest absolute Gasteiger partial charge is 0.331 e. The minimum atomic E-state index is -1.07. The molecule has 0 spiro atoms. The van der Waals surface area contributed by atoms with Crippen molar-refractivity contribution in [3.05, 3.63) is 60.5 Å². The van der Waals surface area contributed by atoms with E-state index in [4.69, 9.17) is 9.15 Å². The maximum absolute atomic E-state index is 12.7. The van der Waals surface area contributed by atoms with E-state index in [-0.39, 0.29) is 18.3 Å². The molecule has 0 saturated heterocycles. The second kappa shape index (κ2) is 7.59. The fraction of sp³-hybridized carbons (Fsp3) is 0.143. The van der Waals surface area contributed by atoms with E-state index in [1.165, 1.54) is 17.9 Å². The minimum absolute atomic E-state index is 0.142. The molecule has 0 unspecified atom stereocenters. The van der Waals surface area contributed by atoms with Gasteiger partial charge >= 0.3 is 5.97 Å². The maximum atomic E-state index is 12.7. The molecular weight excluding hydrogens is 374 g/mol. The predicted octanol–water partition coefficient (Wildman–Crippen LogP) is 2.76. The number of amides is 2. The number of fused-ring (bicyclic) bond motifs is 2. The van der Waals surface area contributed by atoms with Crippen LogP contribution in [0.2, 0.25) is 0 Å². The van der Waals surface area contributed by atoms with Gasteiger partial charge in [0.05, 0.1) is 11.4 Å². The average molecular weight is 391 g/mol. The van der Waals surface area contributed by atoms with Crippen LogP contribution in [-0.2, 0) is 19.1 Å². The molecule has 0 radical (unpaired) electrons. The van der Waals surface area contributed by atoms with Crippen molar-refractivity contribution in [1.82, 2.24) is 4.98 Å². The Bertz CT molecular complexity index is 1100. The van der Waals surface area contributed by atoms with Crippen LogP contribution in [0, 0.1) is 0 Å². The molecule has 2 amide bonds. The first-order valence-corrected chi connectivity index (χ1v) is 8.96. The number of carbonyl (C=O) groups is 3. The van der Waals surface area contributed by atoms with Gasteiger partial charge in [-0.2, -0.15) is 0 Å². The van der Waals surface area contributed by atoms with Crippen LogP contribution in [0.4, 0.5) is 11.4 Å². The number of hydrogen-bond acceptors (Lipinski definition) is 6. The highest BCUT2D eigenvalue weighted by atomic mass is 16.5. The molecule has 1 N–H and O–H groups in total. The Morgan fingerprint density at radius 1 is 1.21 bits per heavy atom. The molecule has 8 heteroatoms. The number of nitrogens with one attached hydrogen (secondary N) is 1. The van der Waals surface area contributed by atoms with E-state index >= 15 is 0 Å². The normalized spacial score (nSPS) is 14.5. The first-order valence-electron chi connectivity index (χ1n) is 8.96. The zero-order valence-corrected chi connectivity index (χ0v) is 15.5. The van der Waals surface area contributed by atoms with Crippen molar-refractivity contribution in [3.63, 3.8) is 0 Å². The number of hydrogen-bond donors (Lipinski definition) is 1. The van der Waals surface area contributed by atoms with Gasteiger partial charge in [-0.25, -0.2) is 9.78 Å². The van der Waals surface area contributed by atoms with E-state index in [9.17, 15) is 14.4 Å². The van der Waals surface area contributed by atoms with Crippen molar-refractivity contribution in [1.29, 1.82) is 0 Å². The van der Waals surface area contributed by atoms with Gasteiger partial charge in [0.1, 0.15) is 12.1 Å². The van der Waals surface area contributed by atoms with Crippen LogP contribution in [-0.4, -0.2) is 35.4 Å². The van der Waals surface area contributed by atoms with E-state index in [0.717, 1.165) is 6.08 Å². The van der Waals surface area contributed by atoms with Crippen LogP contribution < -0.4 is 10.2 Å². The number of esters is 1. The Morgan fingerprint density at radius 2 is 1.97 bits per heavy atom. The lowest BCUT2D eigenvalue weighted by Crippen LogP contribution is -2.46. The molecular formula is C21H17N3O5. The molecule has 29 heavy (non-hydrogen) atoms. The van der Waals surface area contributed by atoms with Gasteiger partial charge in [0.25, 0.3) is 5.91 Å². The summed E-state index contributed by atoms with van der Waals surface area (Å²) >= 11 is 0. The van der Waals surface area contributed by atoms with Crippen molar-refractivity contribution in [3.8, 4) is 0 Å². The molecule has 8 nitrogen and oxygen atoms in total. The summed E-state index contributed by atoms with van der Waals surface area (Å²) in [6.07, 6.45) is 1.45. The average Bonchev–Trinajstić information content (AvgIpc) is 3.14. The zero-order valence-electron chi connectivity index (χ0n) is 15.5. The van der Waals surface area contributed by atoms with E-state index in [1.54, 1.807) is 36.4 Å². The van der Waals surface area contributed by atoms with Crippen molar-refractivity contribution >= 4 is 46.3 Å². The highest BCUT2D eigenvalue weighted by molar-refractivity contribution is 6.11. The molecule has 1 aromatic heterocycles. The lowest BCUT2D eigenvalue weighted by Gasteiger charge is -2.30. The lowest BCUT2D eigenvalue weighted by atomic mass is 10.1. The number of para-hydroxylation sites is 4. The van der Waals surface area contributed by atoms with Crippen molar-refractivity contribution in [2.24, 2.45) is 0 Å². The number of carbonyl (C=O) groups excluding carboxylic acids is 3. The molecule has 1 aliphatic heterocycles. The summed E-state index contributed by atoms with van der Waals surface area (Å²) in [6, 6.07) is 14.2. The topological polar surface area (TPSA) is 102 Å². The van der Waals surface area contributed by atoms with Crippen LogP contribution in [0.15, 0.2) is 59.0 Å². The molecule has 3 aromatic rings. The Morgan fingerprint density at radius 3 is 2.79 bits per heavy atom. The van der Waals surface area contributed by atoms with Gasteiger partial charge in [-0.05, 0) is 31.2 Å². The third-order valence-corrected chi connectivity index (χ3v) is 4.35. The predicted molar refractivity (Wildman–Crippen MR) is 106 cm³/mol. The van der Waals surface area contributed by atoms with Crippen LogP contribution in [0.5, 0.6) is 0 Å². The van der Waals surface area contributed by atoms with E-state index in [1.807, 2.05) is 12.1 Å². The molecule has 146 valence electrons. The number of oxazole rings is 1. The number of aromatic nitrogens is 1. The summed E-state index contributed by atoms with van der Waals surface area (Å²) in [5.74, 6) is -1.27. The molecule has 2 aromatic carbocycles. The fourth-order valence-corrected chi connectivity index (χ4v) is 3.01. The van der Waals surface area contributed by atoms with Crippen LogP contribution in [0.25, 0.3) is 17.2 Å². The Kier molecular flexibility index (Phi) is 4.82. The Balaban J connectivity index is 1.43. The van der Waals surface area contributed by atoms with Crippen LogP contribution in [0.3, 0.4) is 0 Å². The van der Waals surface area contributed by atoms with Crippen molar-refractivity contribution < 1.29 is 23.5 Å². The highest BCUT2D eigenvalue weighted by Gasteiger charge is 2.31. The summed E-state index contributed by atoms with van der Waals surface area (Å²) in [5, 5.41) is 2.70. The molecule has 0 bridgehead atoms. The molecule has 1 atom stereocenters. The maximum Gasteiger partial charge on any atom is 0.331 e. The lowest BCUT2D eigenvalue weighted by molar-refractivity contribution is -0.149. The third-order valence-electron chi connectivity index (χ3n) is 4.35. The fourth-order valence-electron chi connectivity index (χ4n) is 3.01. The van der Waals surface area contributed by atoms with Crippen molar-refractivity contribution in [2.45, 2.75) is 13.0 Å². The Hall–Kier alpha value is -3.94. The summed E-state index contributed by atoms with van der Waals surface area (Å²) in [7, 11) is 0. The van der Waals surface area contributed by atoms with Gasteiger partial charge in [0.15, 0.2) is 11.7 Å². The minimum Gasteiger partial charge on any atom is -0.449 e. The molecule has 0 fully saturated rings. The van der Waals surface area contributed by atoms with Gasteiger partial charge in [0, 0.05) is 12.2 Å². The van der Waals surface area contributed by atoms with Crippen LogP contribution >= 0.6 is 0 Å². The first kappa shape index (κ1) is 18.4. The van der Waals surface area contributed by atoms with E-state index in [0.29, 0.717) is 22.5 Å². The standard InChI is InChI=1S/C21H17N3O5/c1-13(21(27)24-12-18(25)22-14-6-2-4-8-16(14)24)28-20(26)11-10-19-23-15-7-3-5-9-17(15)29-19/h2-11,13H,12H2,1H3,(H,22,25)/b11-10+/t13-/m1/s1. The third kappa shape index (κ3) is 3.86. The monoisotopic (exact) mass is 391 g/mol. The number of nitrogens with zero attached hydrogens (tertiary/aromatic N) is 2. The molecule has 1 aliphatic rings. The number of rotatable bonds is 4. The molecule has 0 aliphatic carbocycles. The quantitative estimate of drug-likeness (QED) is 0.542. The molecule has 4 rings (SSSR count). The summed E-state index contributed by atoms with van der Waals surface area (Å²) < 4.78 is 10.7. The van der Waals surface area contributed by atoms with Crippen LogP contribution in [0.1, 0.15) is 12.8 Å². The Labute approximate surface area is 165 Å². The number of anilines is 2. The summed E-state index contributed by atoms with van der Waals surface area (Å²) in [4.78, 5) is 42.3. The molecule has 0 saturated carbocycles. The summed E-state index contributed by atoms with van der Waals surface area (Å²) in [6.45, 7) is 1.32. The first-order chi connectivity index (χ1) is 14.0. The van der Waals surface area contributed by atoms with Gasteiger partial charge in [-0.3, -0.25) is 14.5 Å². The van der Waals surface area contributed by atoms with Crippen molar-refractivity contribution in [2.75, 3.05) is 16.8 Å².